The van der Waals surface area contributed by atoms with Crippen molar-refractivity contribution in [2.45, 2.75) is 26.2 Å². The maximum atomic E-state index is 6.19. The van der Waals surface area contributed by atoms with Gasteiger partial charge in [-0.05, 0) is 29.8 Å². The van der Waals surface area contributed by atoms with Gasteiger partial charge in [-0.2, -0.15) is 0 Å². The molecule has 1 aromatic carbocycles. The highest BCUT2D eigenvalue weighted by atomic mass is 35.5. The first-order valence-electron chi connectivity index (χ1n) is 5.37. The van der Waals surface area contributed by atoms with Crippen LogP contribution >= 0.6 is 34.8 Å². The molecule has 0 unspecified atom stereocenters. The molecule has 0 aliphatic carbocycles. The molecule has 0 saturated heterocycles. The minimum atomic E-state index is -0.203. The van der Waals surface area contributed by atoms with E-state index in [9.17, 15) is 0 Å². The molecule has 2 aromatic rings. The predicted molar refractivity (Wildman–Crippen MR) is 75.1 cm³/mol. The van der Waals surface area contributed by atoms with Crippen molar-refractivity contribution in [3.05, 3.63) is 39.4 Å². The molecule has 0 saturated carbocycles. The van der Waals surface area contributed by atoms with Crippen LogP contribution in [0.4, 0.5) is 0 Å². The number of rotatable bonds is 1. The van der Waals surface area contributed by atoms with Gasteiger partial charge in [0, 0.05) is 10.4 Å². The van der Waals surface area contributed by atoms with E-state index < -0.39 is 0 Å². The summed E-state index contributed by atoms with van der Waals surface area (Å²) in [4.78, 5) is 0. The van der Waals surface area contributed by atoms with Crippen LogP contribution in [0, 0.1) is 0 Å². The third-order valence-corrected chi connectivity index (χ3v) is 3.24. The Hall–Kier alpha value is -0.770. The number of nitrogens with zero attached hydrogens (tertiary/aromatic N) is 3. The number of aromatic nitrogens is 3. The quantitative estimate of drug-likeness (QED) is 0.775. The van der Waals surface area contributed by atoms with E-state index in [2.05, 4.69) is 10.2 Å². The zero-order valence-corrected chi connectivity index (χ0v) is 12.5. The Morgan fingerprint density at radius 2 is 1.72 bits per heavy atom. The van der Waals surface area contributed by atoms with Gasteiger partial charge in [-0.25, -0.2) is 0 Å². The summed E-state index contributed by atoms with van der Waals surface area (Å²) in [6.45, 7) is 6.09. The number of hydrogen-bond donors (Lipinski definition) is 0. The van der Waals surface area contributed by atoms with Crippen molar-refractivity contribution in [1.82, 2.24) is 14.8 Å². The van der Waals surface area contributed by atoms with Crippen LogP contribution in [0.1, 0.15) is 26.6 Å². The SMILES string of the molecule is CC(C)(C)c1nnc(Cl)n1-c1cc(Cl)ccc1Cl. The summed E-state index contributed by atoms with van der Waals surface area (Å²) in [5.74, 6) is 0.733. The van der Waals surface area contributed by atoms with Crippen molar-refractivity contribution in [2.24, 2.45) is 0 Å². The van der Waals surface area contributed by atoms with Crippen molar-refractivity contribution >= 4 is 34.8 Å². The molecule has 0 bridgehead atoms. The Kier molecular flexibility index (Phi) is 3.58. The van der Waals surface area contributed by atoms with Crippen molar-refractivity contribution in [2.75, 3.05) is 0 Å². The summed E-state index contributed by atoms with van der Waals surface area (Å²) in [6.07, 6.45) is 0. The molecule has 3 nitrogen and oxygen atoms in total. The van der Waals surface area contributed by atoms with E-state index in [1.165, 1.54) is 0 Å². The fraction of sp³-hybridized carbons (Fsp3) is 0.333. The molecule has 0 aliphatic rings. The first-order chi connectivity index (χ1) is 8.30. The van der Waals surface area contributed by atoms with Crippen LogP contribution in [0.2, 0.25) is 15.3 Å². The Morgan fingerprint density at radius 1 is 1.06 bits per heavy atom. The standard InChI is InChI=1S/C12H12Cl3N3/c1-12(2,3)10-16-17-11(15)18(10)9-6-7(13)4-5-8(9)14/h4-6H,1-3H3. The van der Waals surface area contributed by atoms with Crippen LogP contribution in [0.25, 0.3) is 5.69 Å². The number of hydrogen-bond acceptors (Lipinski definition) is 2. The molecule has 0 amide bonds. The van der Waals surface area contributed by atoms with Crippen LogP contribution in [0.3, 0.4) is 0 Å². The maximum absolute atomic E-state index is 6.19. The van der Waals surface area contributed by atoms with Gasteiger partial charge in [-0.1, -0.05) is 44.0 Å². The summed E-state index contributed by atoms with van der Waals surface area (Å²) in [7, 11) is 0. The van der Waals surface area contributed by atoms with Gasteiger partial charge in [0.25, 0.3) is 0 Å². The third-order valence-electron chi connectivity index (χ3n) is 2.44. The van der Waals surface area contributed by atoms with Crippen LogP contribution in [-0.2, 0) is 5.41 Å². The van der Waals surface area contributed by atoms with E-state index in [4.69, 9.17) is 34.8 Å². The highest BCUT2D eigenvalue weighted by Crippen LogP contribution is 2.31. The van der Waals surface area contributed by atoms with Crippen molar-refractivity contribution in [1.29, 1.82) is 0 Å². The summed E-state index contributed by atoms with van der Waals surface area (Å²) in [6, 6.07) is 5.19. The van der Waals surface area contributed by atoms with Crippen LogP contribution in [-0.4, -0.2) is 14.8 Å². The maximum Gasteiger partial charge on any atom is 0.229 e. The Balaban J connectivity index is 2.71. The van der Waals surface area contributed by atoms with Crippen LogP contribution in [0.15, 0.2) is 18.2 Å². The lowest BCUT2D eigenvalue weighted by Gasteiger charge is -2.19. The van der Waals surface area contributed by atoms with Crippen molar-refractivity contribution in [3.63, 3.8) is 0 Å². The van der Waals surface area contributed by atoms with Gasteiger partial charge in [-0.3, -0.25) is 4.57 Å². The molecule has 0 radical (unpaired) electrons. The monoisotopic (exact) mass is 303 g/mol. The van der Waals surface area contributed by atoms with Crippen LogP contribution in [0.5, 0.6) is 0 Å². The van der Waals surface area contributed by atoms with Gasteiger partial charge in [0.1, 0.15) is 5.82 Å². The van der Waals surface area contributed by atoms with Gasteiger partial charge in [-0.15, -0.1) is 10.2 Å². The first kappa shape index (κ1) is 13.7. The second-order valence-corrected chi connectivity index (χ2v) is 6.16. The lowest BCUT2D eigenvalue weighted by molar-refractivity contribution is 0.533. The molecule has 1 aromatic heterocycles. The largest absolute Gasteiger partial charge is 0.268 e. The Bertz CT molecular complexity index is 585. The van der Waals surface area contributed by atoms with Crippen molar-refractivity contribution in [3.8, 4) is 5.69 Å². The highest BCUT2D eigenvalue weighted by Gasteiger charge is 2.25. The highest BCUT2D eigenvalue weighted by molar-refractivity contribution is 6.35. The molecule has 2 rings (SSSR count). The molecule has 18 heavy (non-hydrogen) atoms. The topological polar surface area (TPSA) is 30.7 Å². The number of benzene rings is 1. The third kappa shape index (κ3) is 2.48. The van der Waals surface area contributed by atoms with E-state index in [-0.39, 0.29) is 10.7 Å². The van der Waals surface area contributed by atoms with Gasteiger partial charge < -0.3 is 0 Å². The lowest BCUT2D eigenvalue weighted by Crippen LogP contribution is -2.18. The average Bonchev–Trinajstić information content (AvgIpc) is 2.63. The molecule has 0 fully saturated rings. The van der Waals surface area contributed by atoms with Gasteiger partial charge in [0.05, 0.1) is 10.7 Å². The zero-order valence-electron chi connectivity index (χ0n) is 10.2. The zero-order chi connectivity index (χ0) is 13.5. The summed E-state index contributed by atoms with van der Waals surface area (Å²) < 4.78 is 1.72. The van der Waals surface area contributed by atoms with Gasteiger partial charge >= 0.3 is 0 Å². The molecule has 0 aliphatic heterocycles. The van der Waals surface area contributed by atoms with Gasteiger partial charge in [0.2, 0.25) is 5.28 Å². The second-order valence-electron chi connectivity index (χ2n) is 4.97. The number of halogens is 3. The van der Waals surface area contributed by atoms with E-state index in [1.807, 2.05) is 20.8 Å². The minimum absolute atomic E-state index is 0.203. The molecule has 0 N–H and O–H groups in total. The second kappa shape index (κ2) is 4.72. The fourth-order valence-corrected chi connectivity index (χ4v) is 2.20. The molecular formula is C12H12Cl3N3. The molecule has 0 spiro atoms. The normalized spacial score (nSPS) is 11.9. The summed E-state index contributed by atoms with van der Waals surface area (Å²) in [5.41, 5.74) is 0.482. The van der Waals surface area contributed by atoms with E-state index in [1.54, 1.807) is 22.8 Å². The average molecular weight is 305 g/mol. The van der Waals surface area contributed by atoms with E-state index >= 15 is 0 Å². The molecule has 96 valence electrons. The summed E-state index contributed by atoms with van der Waals surface area (Å²) in [5, 5.41) is 9.42. The molecule has 0 atom stereocenters. The van der Waals surface area contributed by atoms with E-state index in [0.29, 0.717) is 15.7 Å². The first-order valence-corrected chi connectivity index (χ1v) is 6.51. The molecule has 1 heterocycles. The fourth-order valence-electron chi connectivity index (χ4n) is 1.62. The molecule has 6 heteroatoms. The van der Waals surface area contributed by atoms with E-state index in [0.717, 1.165) is 5.82 Å². The Morgan fingerprint density at radius 3 is 2.33 bits per heavy atom. The molecular weight excluding hydrogens is 293 g/mol. The van der Waals surface area contributed by atoms with Crippen molar-refractivity contribution < 1.29 is 0 Å². The predicted octanol–water partition coefficient (Wildman–Crippen LogP) is 4.53. The van der Waals surface area contributed by atoms with Crippen LogP contribution < -0.4 is 0 Å². The summed E-state index contributed by atoms with van der Waals surface area (Å²) >= 11 is 18.3. The Labute approximate surface area is 121 Å². The lowest BCUT2D eigenvalue weighted by atomic mass is 9.95. The minimum Gasteiger partial charge on any atom is -0.268 e. The smallest absolute Gasteiger partial charge is 0.229 e. The van der Waals surface area contributed by atoms with Gasteiger partial charge in [0.15, 0.2) is 0 Å².